The zero-order valence-corrected chi connectivity index (χ0v) is 16.4. The van der Waals surface area contributed by atoms with Gasteiger partial charge in [-0.05, 0) is 60.3 Å². The SMILES string of the molecule is CCc1ccc(NC(=O)c2c(N)sc3c2CC[C@H](C(C)(C)C)C3)cc1. The number of nitrogens with two attached hydrogens (primary N) is 1. The van der Waals surface area contributed by atoms with E-state index in [0.717, 1.165) is 31.4 Å². The van der Waals surface area contributed by atoms with Crippen molar-refractivity contribution in [2.45, 2.75) is 53.4 Å². The molecule has 0 aliphatic heterocycles. The molecule has 3 N–H and O–H groups in total. The van der Waals surface area contributed by atoms with E-state index in [9.17, 15) is 4.79 Å². The second-order valence-corrected chi connectivity index (χ2v) is 9.19. The fourth-order valence-electron chi connectivity index (χ4n) is 3.61. The zero-order chi connectivity index (χ0) is 18.2. The molecule has 0 unspecified atom stereocenters. The Kier molecular flexibility index (Phi) is 4.92. The van der Waals surface area contributed by atoms with Crippen LogP contribution in [-0.2, 0) is 19.3 Å². The van der Waals surface area contributed by atoms with Gasteiger partial charge in [0.1, 0.15) is 0 Å². The Hall–Kier alpha value is -1.81. The number of anilines is 2. The Morgan fingerprint density at radius 1 is 1.28 bits per heavy atom. The van der Waals surface area contributed by atoms with Gasteiger partial charge in [0.2, 0.25) is 0 Å². The average Bonchev–Trinajstić information content (AvgIpc) is 2.89. The van der Waals surface area contributed by atoms with Gasteiger partial charge in [-0.25, -0.2) is 0 Å². The Labute approximate surface area is 154 Å². The Bertz CT molecular complexity index is 768. The van der Waals surface area contributed by atoms with E-state index < -0.39 is 0 Å². The van der Waals surface area contributed by atoms with Crippen molar-refractivity contribution >= 4 is 27.9 Å². The molecule has 134 valence electrons. The smallest absolute Gasteiger partial charge is 0.258 e. The van der Waals surface area contributed by atoms with Crippen molar-refractivity contribution in [3.63, 3.8) is 0 Å². The average molecular weight is 357 g/mol. The summed E-state index contributed by atoms with van der Waals surface area (Å²) in [5.41, 5.74) is 10.5. The number of nitrogens with one attached hydrogen (secondary N) is 1. The van der Waals surface area contributed by atoms with E-state index in [1.807, 2.05) is 12.1 Å². The Morgan fingerprint density at radius 2 is 1.96 bits per heavy atom. The number of thiophene rings is 1. The number of hydrogen-bond acceptors (Lipinski definition) is 3. The molecule has 0 saturated heterocycles. The van der Waals surface area contributed by atoms with Crippen LogP contribution in [0.3, 0.4) is 0 Å². The minimum absolute atomic E-state index is 0.0755. The van der Waals surface area contributed by atoms with Crippen molar-refractivity contribution < 1.29 is 4.79 Å². The number of benzene rings is 1. The first-order chi connectivity index (χ1) is 11.8. The van der Waals surface area contributed by atoms with Crippen LogP contribution in [0.2, 0.25) is 0 Å². The summed E-state index contributed by atoms with van der Waals surface area (Å²) in [5, 5.41) is 3.67. The summed E-state index contributed by atoms with van der Waals surface area (Å²) < 4.78 is 0. The van der Waals surface area contributed by atoms with Crippen molar-refractivity contribution in [3.8, 4) is 0 Å². The standard InChI is InChI=1S/C21H28N2OS/c1-5-13-6-9-15(10-7-13)23-20(24)18-16-11-8-14(21(2,3)4)12-17(16)25-19(18)22/h6-7,9-10,14H,5,8,11-12,22H2,1-4H3,(H,23,24)/t14-/m0/s1. The summed E-state index contributed by atoms with van der Waals surface area (Å²) in [6, 6.07) is 8.02. The first-order valence-electron chi connectivity index (χ1n) is 9.10. The zero-order valence-electron chi connectivity index (χ0n) is 15.6. The molecule has 1 aliphatic rings. The van der Waals surface area contributed by atoms with Crippen LogP contribution in [0.15, 0.2) is 24.3 Å². The molecule has 4 heteroatoms. The van der Waals surface area contributed by atoms with Crippen LogP contribution in [-0.4, -0.2) is 5.91 Å². The largest absolute Gasteiger partial charge is 0.390 e. The minimum Gasteiger partial charge on any atom is -0.390 e. The van der Waals surface area contributed by atoms with Gasteiger partial charge in [0.25, 0.3) is 5.91 Å². The fourth-order valence-corrected chi connectivity index (χ4v) is 4.81. The summed E-state index contributed by atoms with van der Waals surface area (Å²) in [6.07, 6.45) is 4.10. The number of aryl methyl sites for hydroxylation is 1. The number of fused-ring (bicyclic) bond motifs is 1. The number of nitrogen functional groups attached to an aromatic ring is 1. The third-order valence-electron chi connectivity index (χ3n) is 5.36. The Morgan fingerprint density at radius 3 is 2.56 bits per heavy atom. The van der Waals surface area contributed by atoms with Crippen molar-refractivity contribution in [2.75, 3.05) is 11.1 Å². The van der Waals surface area contributed by atoms with Gasteiger partial charge in [-0.1, -0.05) is 39.8 Å². The second kappa shape index (κ2) is 6.83. The van der Waals surface area contributed by atoms with Gasteiger partial charge in [-0.3, -0.25) is 4.79 Å². The predicted octanol–water partition coefficient (Wildman–Crippen LogP) is 5.30. The Balaban J connectivity index is 1.81. The number of hydrogen-bond donors (Lipinski definition) is 2. The number of carbonyl (C=O) groups excluding carboxylic acids is 1. The predicted molar refractivity (Wildman–Crippen MR) is 107 cm³/mol. The maximum atomic E-state index is 12.8. The molecular weight excluding hydrogens is 328 g/mol. The highest BCUT2D eigenvalue weighted by Gasteiger charge is 2.33. The van der Waals surface area contributed by atoms with Gasteiger partial charge in [0.15, 0.2) is 0 Å². The number of amides is 1. The summed E-state index contributed by atoms with van der Waals surface area (Å²) >= 11 is 1.60. The van der Waals surface area contributed by atoms with E-state index in [-0.39, 0.29) is 5.91 Å². The van der Waals surface area contributed by atoms with Gasteiger partial charge in [0, 0.05) is 10.6 Å². The molecule has 0 saturated carbocycles. The van der Waals surface area contributed by atoms with Crippen LogP contribution in [0.4, 0.5) is 10.7 Å². The second-order valence-electron chi connectivity index (χ2n) is 8.05. The molecule has 1 amide bonds. The van der Waals surface area contributed by atoms with Crippen LogP contribution in [0, 0.1) is 11.3 Å². The monoisotopic (exact) mass is 356 g/mol. The molecule has 1 atom stereocenters. The maximum absolute atomic E-state index is 12.8. The fraction of sp³-hybridized carbons (Fsp3) is 0.476. The summed E-state index contributed by atoms with van der Waals surface area (Å²) in [5.74, 6) is 0.573. The molecule has 3 rings (SSSR count). The van der Waals surface area contributed by atoms with Crippen molar-refractivity contribution in [3.05, 3.63) is 45.8 Å². The van der Waals surface area contributed by atoms with Gasteiger partial charge in [-0.15, -0.1) is 11.3 Å². The van der Waals surface area contributed by atoms with Gasteiger partial charge >= 0.3 is 0 Å². The van der Waals surface area contributed by atoms with E-state index >= 15 is 0 Å². The van der Waals surface area contributed by atoms with Crippen molar-refractivity contribution in [2.24, 2.45) is 11.3 Å². The van der Waals surface area contributed by atoms with E-state index in [4.69, 9.17) is 5.73 Å². The first kappa shape index (κ1) is 18.0. The lowest BCUT2D eigenvalue weighted by atomic mass is 9.72. The van der Waals surface area contributed by atoms with E-state index in [1.165, 1.54) is 16.0 Å². The van der Waals surface area contributed by atoms with Gasteiger partial charge in [-0.2, -0.15) is 0 Å². The molecule has 0 radical (unpaired) electrons. The maximum Gasteiger partial charge on any atom is 0.258 e. The molecule has 1 aliphatic carbocycles. The summed E-state index contributed by atoms with van der Waals surface area (Å²) in [4.78, 5) is 14.1. The van der Waals surface area contributed by atoms with Gasteiger partial charge < -0.3 is 11.1 Å². The van der Waals surface area contributed by atoms with E-state index in [2.05, 4.69) is 45.1 Å². The van der Waals surface area contributed by atoms with Crippen molar-refractivity contribution in [1.29, 1.82) is 0 Å². The number of rotatable bonds is 3. The van der Waals surface area contributed by atoms with Crippen LogP contribution >= 0.6 is 11.3 Å². The number of carbonyl (C=O) groups is 1. The van der Waals surface area contributed by atoms with Crippen LogP contribution in [0.25, 0.3) is 0 Å². The first-order valence-corrected chi connectivity index (χ1v) is 9.91. The topological polar surface area (TPSA) is 55.1 Å². The highest BCUT2D eigenvalue weighted by atomic mass is 32.1. The lowest BCUT2D eigenvalue weighted by molar-refractivity contribution is 0.102. The lowest BCUT2D eigenvalue weighted by Gasteiger charge is -2.33. The summed E-state index contributed by atoms with van der Waals surface area (Å²) in [7, 11) is 0. The summed E-state index contributed by atoms with van der Waals surface area (Å²) in [6.45, 7) is 9.02. The molecule has 0 bridgehead atoms. The molecule has 25 heavy (non-hydrogen) atoms. The van der Waals surface area contributed by atoms with E-state index in [1.54, 1.807) is 11.3 Å². The lowest BCUT2D eigenvalue weighted by Crippen LogP contribution is -2.27. The van der Waals surface area contributed by atoms with Crippen LogP contribution in [0.5, 0.6) is 0 Å². The molecule has 1 aromatic heterocycles. The quantitative estimate of drug-likeness (QED) is 0.784. The molecule has 3 nitrogen and oxygen atoms in total. The van der Waals surface area contributed by atoms with Crippen molar-refractivity contribution in [1.82, 2.24) is 0 Å². The van der Waals surface area contributed by atoms with Crippen LogP contribution in [0.1, 0.15) is 60.5 Å². The molecule has 1 heterocycles. The minimum atomic E-state index is -0.0755. The highest BCUT2D eigenvalue weighted by Crippen LogP contribution is 2.43. The van der Waals surface area contributed by atoms with E-state index in [0.29, 0.717) is 21.9 Å². The van der Waals surface area contributed by atoms with Gasteiger partial charge in [0.05, 0.1) is 10.6 Å². The van der Waals surface area contributed by atoms with Crippen LogP contribution < -0.4 is 11.1 Å². The molecule has 0 spiro atoms. The third-order valence-corrected chi connectivity index (χ3v) is 6.45. The molecule has 1 aromatic carbocycles. The molecule has 0 fully saturated rings. The normalized spacial score (nSPS) is 17.2. The molecular formula is C21H28N2OS. The molecule has 2 aromatic rings. The third kappa shape index (κ3) is 3.74. The highest BCUT2D eigenvalue weighted by molar-refractivity contribution is 7.16.